The van der Waals surface area contributed by atoms with Gasteiger partial charge in [0.2, 0.25) is 0 Å². The van der Waals surface area contributed by atoms with Gasteiger partial charge in [-0.3, -0.25) is 0 Å². The van der Waals surface area contributed by atoms with Crippen LogP contribution in [0.4, 0.5) is 0 Å². The summed E-state index contributed by atoms with van der Waals surface area (Å²) in [6.45, 7) is 7.11. The molecular weight excluding hydrogens is 520 g/mol. The Kier molecular flexibility index (Phi) is 11.0. The van der Waals surface area contributed by atoms with E-state index in [1.165, 1.54) is 0 Å². The highest BCUT2D eigenvalue weighted by Gasteiger charge is 2.46. The highest BCUT2D eigenvalue weighted by molar-refractivity contribution is 4.89. The minimum atomic E-state index is -0.967. The van der Waals surface area contributed by atoms with Crippen molar-refractivity contribution in [2.75, 3.05) is 14.2 Å². The van der Waals surface area contributed by atoms with Crippen molar-refractivity contribution in [1.29, 1.82) is 0 Å². The van der Waals surface area contributed by atoms with E-state index in [4.69, 9.17) is 42.6 Å². The van der Waals surface area contributed by atoms with Gasteiger partial charge in [-0.05, 0) is 27.7 Å². The average Bonchev–Trinajstić information content (AvgIpc) is 2.87. The molecule has 4 heterocycles. The molecule has 0 spiro atoms. The molecule has 1 unspecified atom stereocenters. The van der Waals surface area contributed by atoms with E-state index in [0.717, 1.165) is 0 Å². The minimum Gasteiger partial charge on any atom is -0.390 e. The van der Waals surface area contributed by atoms with Gasteiger partial charge in [-0.15, -0.1) is 0 Å². The molecule has 4 aliphatic heterocycles. The quantitative estimate of drug-likeness (QED) is 0.305. The zero-order valence-electron chi connectivity index (χ0n) is 23.5. The molecule has 4 saturated heterocycles. The summed E-state index contributed by atoms with van der Waals surface area (Å²) in [4.78, 5) is 0. The van der Waals surface area contributed by atoms with Gasteiger partial charge >= 0.3 is 0 Å². The Bertz CT molecular complexity index is 735. The van der Waals surface area contributed by atoms with Gasteiger partial charge in [0.1, 0.15) is 24.4 Å². The maximum Gasteiger partial charge on any atom is 0.161 e. The second-order valence-corrected chi connectivity index (χ2v) is 11.0. The van der Waals surface area contributed by atoms with Crippen LogP contribution in [0.3, 0.4) is 0 Å². The maximum absolute atomic E-state index is 11.0. The van der Waals surface area contributed by atoms with Crippen molar-refractivity contribution in [3.63, 3.8) is 0 Å². The molecule has 0 saturated carbocycles. The predicted molar refractivity (Wildman–Crippen MR) is 132 cm³/mol. The third-order valence-electron chi connectivity index (χ3n) is 8.11. The van der Waals surface area contributed by atoms with E-state index in [-0.39, 0.29) is 25.4 Å². The first-order valence-corrected chi connectivity index (χ1v) is 13.9. The summed E-state index contributed by atoms with van der Waals surface area (Å²) in [6, 6.07) is 0. The first kappa shape index (κ1) is 31.4. The summed E-state index contributed by atoms with van der Waals surface area (Å²) in [5.41, 5.74) is 0. The molecule has 0 radical (unpaired) electrons. The number of methoxy groups -OCH3 is 2. The van der Waals surface area contributed by atoms with Crippen molar-refractivity contribution in [3.8, 4) is 0 Å². The number of aliphatic hydroxyl groups is 4. The summed E-state index contributed by atoms with van der Waals surface area (Å²) >= 11 is 0. The Balaban J connectivity index is 1.30. The third-order valence-corrected chi connectivity index (χ3v) is 8.11. The SMILES string of the molecule is CO[C@@H]1CC(O)O[C@H](C)[C@H]1O[C@H]1C[C@H](O)[C@H](O[C@H]2C[C@@H](OC)[C@H](O[C@H]3C[C@H](O)[C@H](O)[C@@H](C)O3)[C@@H](C)O2)[C@@H](C)O1. The first-order chi connectivity index (χ1) is 18.5. The average molecular weight is 567 g/mol. The molecule has 4 fully saturated rings. The molecule has 0 bridgehead atoms. The molecule has 0 aromatic rings. The monoisotopic (exact) mass is 566 g/mol. The van der Waals surface area contributed by atoms with E-state index in [9.17, 15) is 20.4 Å². The smallest absolute Gasteiger partial charge is 0.161 e. The van der Waals surface area contributed by atoms with Crippen LogP contribution in [-0.4, -0.2) is 133 Å². The van der Waals surface area contributed by atoms with Crippen LogP contribution in [0, 0.1) is 0 Å². The van der Waals surface area contributed by atoms with Gasteiger partial charge in [0.05, 0.1) is 48.8 Å². The molecule has 0 aromatic carbocycles. The van der Waals surface area contributed by atoms with Crippen LogP contribution in [0.25, 0.3) is 0 Å². The zero-order chi connectivity index (χ0) is 28.4. The molecule has 4 rings (SSSR count). The van der Waals surface area contributed by atoms with Crippen LogP contribution in [-0.2, 0) is 42.6 Å². The molecule has 0 aromatic heterocycles. The lowest BCUT2D eigenvalue weighted by atomic mass is 9.99. The van der Waals surface area contributed by atoms with Crippen molar-refractivity contribution >= 4 is 0 Å². The summed E-state index contributed by atoms with van der Waals surface area (Å²) in [5.74, 6) is 0. The molecule has 16 atom stereocenters. The fourth-order valence-electron chi connectivity index (χ4n) is 5.90. The van der Waals surface area contributed by atoms with Gasteiger partial charge in [0.15, 0.2) is 25.2 Å². The largest absolute Gasteiger partial charge is 0.390 e. The zero-order valence-corrected chi connectivity index (χ0v) is 23.5. The van der Waals surface area contributed by atoms with E-state index < -0.39 is 92.3 Å². The van der Waals surface area contributed by atoms with Crippen LogP contribution in [0.5, 0.6) is 0 Å². The van der Waals surface area contributed by atoms with E-state index in [1.807, 2.05) is 6.92 Å². The number of aliphatic hydroxyl groups excluding tert-OH is 4. The van der Waals surface area contributed by atoms with Crippen molar-refractivity contribution < 1.29 is 63.1 Å². The number of hydrogen-bond donors (Lipinski definition) is 4. The Morgan fingerprint density at radius 1 is 0.513 bits per heavy atom. The summed E-state index contributed by atoms with van der Waals surface area (Å²) in [7, 11) is 3.13. The molecule has 0 amide bonds. The van der Waals surface area contributed by atoms with Crippen molar-refractivity contribution in [3.05, 3.63) is 0 Å². The van der Waals surface area contributed by atoms with Gasteiger partial charge in [-0.1, -0.05) is 0 Å². The third kappa shape index (κ3) is 7.47. The lowest BCUT2D eigenvalue weighted by Crippen LogP contribution is -2.57. The fourth-order valence-corrected chi connectivity index (χ4v) is 5.90. The molecule has 13 heteroatoms. The number of rotatable bonds is 8. The maximum atomic E-state index is 11.0. The molecule has 13 nitrogen and oxygen atoms in total. The second-order valence-electron chi connectivity index (χ2n) is 11.0. The second kappa shape index (κ2) is 13.6. The van der Waals surface area contributed by atoms with E-state index in [0.29, 0.717) is 6.42 Å². The highest BCUT2D eigenvalue weighted by atomic mass is 16.7. The van der Waals surface area contributed by atoms with Gasteiger partial charge in [0.25, 0.3) is 0 Å². The van der Waals surface area contributed by atoms with Gasteiger partial charge in [-0.25, -0.2) is 0 Å². The number of hydrogen-bond acceptors (Lipinski definition) is 13. The topological polar surface area (TPSA) is 164 Å². The molecular formula is C26H46O13. The Hall–Kier alpha value is -0.520. The molecule has 4 N–H and O–H groups in total. The van der Waals surface area contributed by atoms with Crippen LogP contribution in [0.15, 0.2) is 0 Å². The highest BCUT2D eigenvalue weighted by Crippen LogP contribution is 2.34. The lowest BCUT2D eigenvalue weighted by Gasteiger charge is -2.46. The van der Waals surface area contributed by atoms with Gasteiger partial charge in [0, 0.05) is 39.9 Å². The van der Waals surface area contributed by atoms with Crippen molar-refractivity contribution in [1.82, 2.24) is 0 Å². The first-order valence-electron chi connectivity index (χ1n) is 13.9. The lowest BCUT2D eigenvalue weighted by molar-refractivity contribution is -0.344. The van der Waals surface area contributed by atoms with Crippen LogP contribution >= 0.6 is 0 Å². The van der Waals surface area contributed by atoms with Crippen LogP contribution < -0.4 is 0 Å². The summed E-state index contributed by atoms with van der Waals surface area (Å²) in [5, 5.41) is 40.9. The van der Waals surface area contributed by atoms with Crippen LogP contribution in [0.1, 0.15) is 53.4 Å². The molecule has 0 aliphatic carbocycles. The Morgan fingerprint density at radius 2 is 0.949 bits per heavy atom. The number of ether oxygens (including phenoxy) is 9. The molecule has 39 heavy (non-hydrogen) atoms. The van der Waals surface area contributed by atoms with Crippen molar-refractivity contribution in [2.45, 2.75) is 152 Å². The Labute approximate surface area is 229 Å². The van der Waals surface area contributed by atoms with E-state index >= 15 is 0 Å². The van der Waals surface area contributed by atoms with Gasteiger partial charge < -0.3 is 63.1 Å². The normalized spacial score (nSPS) is 51.5. The van der Waals surface area contributed by atoms with Gasteiger partial charge in [-0.2, -0.15) is 0 Å². The van der Waals surface area contributed by atoms with Crippen molar-refractivity contribution in [2.24, 2.45) is 0 Å². The minimum absolute atomic E-state index is 0.134. The summed E-state index contributed by atoms with van der Waals surface area (Å²) in [6.07, 6.45) is -9.26. The van der Waals surface area contributed by atoms with Crippen LogP contribution in [0.2, 0.25) is 0 Å². The Morgan fingerprint density at radius 3 is 1.49 bits per heavy atom. The molecule has 4 aliphatic rings. The fraction of sp³-hybridized carbons (Fsp3) is 1.00. The van der Waals surface area contributed by atoms with E-state index in [1.54, 1.807) is 35.0 Å². The standard InChI is InChI=1S/C26H46O13/c1-11-23(30)15(27)7-20(34-11)38-26-14(4)36-22(10-18(26)32-6)37-24-12(2)35-21(8-16(24)28)39-25-13(3)33-19(29)9-17(25)31-5/h11-30H,7-10H2,1-6H3/t11-,12-,13-,14-,15+,16+,17-,18-,19?,20+,21+,22+,23-,24-,25-,26-/m1/s1. The van der Waals surface area contributed by atoms with E-state index in [2.05, 4.69) is 0 Å². The molecule has 228 valence electrons. The summed E-state index contributed by atoms with van der Waals surface area (Å²) < 4.78 is 53.0. The predicted octanol–water partition coefficient (Wildman–Crippen LogP) is -0.213.